The van der Waals surface area contributed by atoms with E-state index in [9.17, 15) is 0 Å². The molecule has 1 aliphatic carbocycles. The van der Waals surface area contributed by atoms with E-state index in [1.165, 1.54) is 0 Å². The molecule has 0 aromatic carbocycles. The average molecular weight is 181 g/mol. The zero-order valence-corrected chi connectivity index (χ0v) is 7.60. The van der Waals surface area contributed by atoms with Gasteiger partial charge in [0.1, 0.15) is 0 Å². The van der Waals surface area contributed by atoms with Gasteiger partial charge in [0.15, 0.2) is 5.15 Å². The number of hydrogen-bond acceptors (Lipinski definition) is 2. The molecular weight excluding hydrogens is 172 g/mol. The maximum atomic E-state index is 5.85. The molecule has 0 saturated heterocycles. The van der Waals surface area contributed by atoms with Crippen LogP contribution in [0, 0.1) is 6.92 Å². The molecule has 0 spiro atoms. The van der Waals surface area contributed by atoms with Crippen molar-refractivity contribution in [1.82, 2.24) is 9.97 Å². The predicted molar refractivity (Wildman–Crippen MR) is 49.1 cm³/mol. The fourth-order valence-electron chi connectivity index (χ4n) is 1.28. The first-order valence-corrected chi connectivity index (χ1v) is 4.35. The first-order valence-electron chi connectivity index (χ1n) is 3.97. The maximum Gasteiger partial charge on any atom is 0.150 e. The summed E-state index contributed by atoms with van der Waals surface area (Å²) in [5.74, 6) is 0. The molecule has 1 aliphatic rings. The highest BCUT2D eigenvalue weighted by Gasteiger charge is 2.09. The topological polar surface area (TPSA) is 25.8 Å². The SMILES string of the molecule is Cc1nc2c(nc1Cl)CCC=C2. The quantitative estimate of drug-likeness (QED) is 0.613. The lowest BCUT2D eigenvalue weighted by atomic mass is 10.1. The van der Waals surface area contributed by atoms with Crippen LogP contribution in [0.25, 0.3) is 6.08 Å². The summed E-state index contributed by atoms with van der Waals surface area (Å²) in [5.41, 5.74) is 2.80. The lowest BCUT2D eigenvalue weighted by molar-refractivity contribution is 0.891. The summed E-state index contributed by atoms with van der Waals surface area (Å²) < 4.78 is 0. The highest BCUT2D eigenvalue weighted by Crippen LogP contribution is 2.19. The molecule has 0 amide bonds. The number of rotatable bonds is 0. The Kier molecular flexibility index (Phi) is 1.85. The fourth-order valence-corrected chi connectivity index (χ4v) is 1.42. The third-order valence-corrected chi connectivity index (χ3v) is 2.30. The molecule has 62 valence electrons. The van der Waals surface area contributed by atoms with Crippen LogP contribution in [0.1, 0.15) is 23.5 Å². The number of aryl methyl sites for hydroxylation is 2. The van der Waals surface area contributed by atoms with Gasteiger partial charge < -0.3 is 0 Å². The predicted octanol–water partition coefficient (Wildman–Crippen LogP) is 2.40. The molecule has 0 unspecified atom stereocenters. The molecule has 3 heteroatoms. The molecule has 12 heavy (non-hydrogen) atoms. The number of allylic oxidation sites excluding steroid dienone is 1. The highest BCUT2D eigenvalue weighted by molar-refractivity contribution is 6.30. The van der Waals surface area contributed by atoms with Crippen molar-refractivity contribution in [1.29, 1.82) is 0 Å². The van der Waals surface area contributed by atoms with Crippen molar-refractivity contribution in [2.24, 2.45) is 0 Å². The maximum absolute atomic E-state index is 5.85. The molecule has 0 bridgehead atoms. The minimum absolute atomic E-state index is 0.532. The summed E-state index contributed by atoms with van der Waals surface area (Å²) in [6, 6.07) is 0. The molecule has 0 fully saturated rings. The van der Waals surface area contributed by atoms with E-state index in [4.69, 9.17) is 11.6 Å². The van der Waals surface area contributed by atoms with Crippen LogP contribution < -0.4 is 0 Å². The van der Waals surface area contributed by atoms with Crippen LogP contribution in [0.4, 0.5) is 0 Å². The third-order valence-electron chi connectivity index (χ3n) is 1.94. The molecule has 2 nitrogen and oxygen atoms in total. The van der Waals surface area contributed by atoms with E-state index in [0.717, 1.165) is 29.9 Å². The van der Waals surface area contributed by atoms with Crippen LogP contribution in [0.3, 0.4) is 0 Å². The van der Waals surface area contributed by atoms with E-state index < -0.39 is 0 Å². The van der Waals surface area contributed by atoms with Gasteiger partial charge in [0.25, 0.3) is 0 Å². The Hall–Kier alpha value is -0.890. The van der Waals surface area contributed by atoms with Crippen LogP contribution in [0.2, 0.25) is 5.15 Å². The van der Waals surface area contributed by atoms with Crippen LogP contribution >= 0.6 is 11.6 Å². The summed E-state index contributed by atoms with van der Waals surface area (Å²) in [7, 11) is 0. The minimum atomic E-state index is 0.532. The second-order valence-corrected chi connectivity index (χ2v) is 3.23. The fraction of sp³-hybridized carbons (Fsp3) is 0.333. The number of fused-ring (bicyclic) bond motifs is 1. The Morgan fingerprint density at radius 3 is 3.08 bits per heavy atom. The Bertz CT molecular complexity index is 345. The number of aromatic nitrogens is 2. The van der Waals surface area contributed by atoms with Crippen molar-refractivity contribution in [3.63, 3.8) is 0 Å². The largest absolute Gasteiger partial charge is 0.249 e. The standard InChI is InChI=1S/C9H9ClN2/c1-6-9(10)12-8-5-3-2-4-7(8)11-6/h2,4H,3,5H2,1H3. The van der Waals surface area contributed by atoms with Crippen molar-refractivity contribution in [2.75, 3.05) is 0 Å². The van der Waals surface area contributed by atoms with Gasteiger partial charge in [0, 0.05) is 0 Å². The molecule has 0 saturated carbocycles. The normalized spacial score (nSPS) is 14.5. The van der Waals surface area contributed by atoms with Gasteiger partial charge in [-0.3, -0.25) is 0 Å². The molecule has 0 aliphatic heterocycles. The molecule has 1 heterocycles. The monoisotopic (exact) mass is 180 g/mol. The molecule has 0 N–H and O–H groups in total. The molecule has 0 atom stereocenters. The molecule has 1 aromatic heterocycles. The highest BCUT2D eigenvalue weighted by atomic mass is 35.5. The summed E-state index contributed by atoms with van der Waals surface area (Å²) in [6.45, 7) is 1.87. The molecule has 0 radical (unpaired) electrons. The van der Waals surface area contributed by atoms with Gasteiger partial charge >= 0.3 is 0 Å². The smallest absolute Gasteiger partial charge is 0.150 e. The Balaban J connectivity index is 2.58. The van der Waals surface area contributed by atoms with Gasteiger partial charge in [-0.2, -0.15) is 0 Å². The number of nitrogens with zero attached hydrogens (tertiary/aromatic N) is 2. The van der Waals surface area contributed by atoms with E-state index in [0.29, 0.717) is 5.15 Å². The van der Waals surface area contributed by atoms with Gasteiger partial charge in [0.05, 0.1) is 17.1 Å². The molecule has 2 rings (SSSR count). The van der Waals surface area contributed by atoms with Gasteiger partial charge in [0.2, 0.25) is 0 Å². The lowest BCUT2D eigenvalue weighted by Gasteiger charge is -2.09. The third kappa shape index (κ3) is 1.23. The van der Waals surface area contributed by atoms with Crippen LogP contribution in [-0.2, 0) is 6.42 Å². The van der Waals surface area contributed by atoms with Crippen molar-refractivity contribution >= 4 is 17.7 Å². The zero-order valence-electron chi connectivity index (χ0n) is 6.84. The van der Waals surface area contributed by atoms with Gasteiger partial charge in [-0.25, -0.2) is 9.97 Å². The summed E-state index contributed by atoms with van der Waals surface area (Å²) >= 11 is 5.85. The first-order chi connectivity index (χ1) is 5.77. The van der Waals surface area contributed by atoms with Gasteiger partial charge in [-0.15, -0.1) is 0 Å². The van der Waals surface area contributed by atoms with Crippen molar-refractivity contribution < 1.29 is 0 Å². The Morgan fingerprint density at radius 2 is 2.25 bits per heavy atom. The molecule has 1 aromatic rings. The van der Waals surface area contributed by atoms with Gasteiger partial charge in [-0.05, 0) is 25.8 Å². The van der Waals surface area contributed by atoms with Crippen molar-refractivity contribution in [3.8, 4) is 0 Å². The van der Waals surface area contributed by atoms with E-state index in [1.54, 1.807) is 0 Å². The van der Waals surface area contributed by atoms with Crippen LogP contribution in [0.5, 0.6) is 0 Å². The Morgan fingerprint density at radius 1 is 1.42 bits per heavy atom. The van der Waals surface area contributed by atoms with E-state index in [-0.39, 0.29) is 0 Å². The van der Waals surface area contributed by atoms with E-state index >= 15 is 0 Å². The van der Waals surface area contributed by atoms with Gasteiger partial charge in [-0.1, -0.05) is 17.7 Å². The summed E-state index contributed by atoms with van der Waals surface area (Å²) in [5, 5.41) is 0.532. The van der Waals surface area contributed by atoms with Crippen molar-refractivity contribution in [2.45, 2.75) is 19.8 Å². The second kappa shape index (κ2) is 2.87. The summed E-state index contributed by atoms with van der Waals surface area (Å²) in [4.78, 5) is 8.60. The van der Waals surface area contributed by atoms with Crippen molar-refractivity contribution in [3.05, 3.63) is 28.3 Å². The first kappa shape index (κ1) is 7.74. The minimum Gasteiger partial charge on any atom is -0.249 e. The van der Waals surface area contributed by atoms with Crippen LogP contribution in [-0.4, -0.2) is 9.97 Å². The van der Waals surface area contributed by atoms with Crippen LogP contribution in [0.15, 0.2) is 6.08 Å². The lowest BCUT2D eigenvalue weighted by Crippen LogP contribution is -2.03. The van der Waals surface area contributed by atoms with E-state index in [2.05, 4.69) is 16.0 Å². The Labute approximate surface area is 76.3 Å². The summed E-state index contributed by atoms with van der Waals surface area (Å²) in [6.07, 6.45) is 6.12. The second-order valence-electron chi connectivity index (χ2n) is 2.87. The zero-order chi connectivity index (χ0) is 8.55. The molecular formula is C9H9ClN2. The van der Waals surface area contributed by atoms with E-state index in [1.807, 2.05) is 13.0 Å². The number of halogens is 1. The average Bonchev–Trinajstić information content (AvgIpc) is 2.07. The number of hydrogen-bond donors (Lipinski definition) is 0.